The highest BCUT2D eigenvalue weighted by Gasteiger charge is 2.26. The third kappa shape index (κ3) is 6.10. The Hall–Kier alpha value is -3.39. The maximum absolute atomic E-state index is 13.1. The van der Waals surface area contributed by atoms with Crippen molar-refractivity contribution < 1.29 is 13.2 Å². The van der Waals surface area contributed by atoms with Gasteiger partial charge in [-0.3, -0.25) is 0 Å². The fourth-order valence-corrected chi connectivity index (χ4v) is 4.95. The molecule has 0 aliphatic carbocycles. The molecule has 1 N–H and O–H groups in total. The van der Waals surface area contributed by atoms with Gasteiger partial charge in [-0.25, -0.2) is 18.2 Å². The Bertz CT molecular complexity index is 1200. The van der Waals surface area contributed by atoms with E-state index in [9.17, 15) is 13.2 Å². The Morgan fingerprint density at radius 1 is 1.15 bits per heavy atom. The van der Waals surface area contributed by atoms with Crippen LogP contribution in [0.25, 0.3) is 0 Å². The predicted octanol–water partition coefficient (Wildman–Crippen LogP) is 4.79. The van der Waals surface area contributed by atoms with E-state index in [0.29, 0.717) is 16.9 Å². The summed E-state index contributed by atoms with van der Waals surface area (Å²) in [6, 6.07) is 16.2. The predicted molar refractivity (Wildman–Crippen MR) is 131 cm³/mol. The Kier molecular flexibility index (Phi) is 7.71. The van der Waals surface area contributed by atoms with Crippen LogP contribution in [0.3, 0.4) is 0 Å². The number of nitrogens with zero attached hydrogens (tertiary/aromatic N) is 3. The highest BCUT2D eigenvalue weighted by Crippen LogP contribution is 2.20. The van der Waals surface area contributed by atoms with Crippen LogP contribution in [0.1, 0.15) is 30.7 Å². The molecule has 0 aliphatic heterocycles. The Morgan fingerprint density at radius 2 is 1.82 bits per heavy atom. The minimum atomic E-state index is -3.69. The zero-order chi connectivity index (χ0) is 24.0. The molecule has 0 atom stereocenters. The number of hydrogen-bond donors (Lipinski definition) is 1. The molecule has 2 amide bonds. The number of aryl methyl sites for hydroxylation is 1. The monoisotopic (exact) mass is 466 g/mol. The molecule has 0 unspecified atom stereocenters. The molecule has 0 saturated heterocycles. The second-order valence-corrected chi connectivity index (χ2v) is 10.1. The number of anilines is 1. The zero-order valence-corrected chi connectivity index (χ0v) is 20.0. The number of carbonyl (C=O) groups is 1. The largest absolute Gasteiger partial charge is 0.322 e. The van der Waals surface area contributed by atoms with Gasteiger partial charge in [0.1, 0.15) is 0 Å². The first-order valence-corrected chi connectivity index (χ1v) is 12.4. The first kappa shape index (κ1) is 24.3. The van der Waals surface area contributed by atoms with Crippen molar-refractivity contribution >= 4 is 21.6 Å². The summed E-state index contributed by atoms with van der Waals surface area (Å²) in [5, 5.41) is 2.89. The molecule has 0 saturated carbocycles. The van der Waals surface area contributed by atoms with Crippen molar-refractivity contribution in [3.63, 3.8) is 0 Å². The molecule has 1 heterocycles. The molecule has 33 heavy (non-hydrogen) atoms. The Labute approximate surface area is 195 Å². The van der Waals surface area contributed by atoms with Crippen molar-refractivity contribution in [2.24, 2.45) is 0 Å². The normalized spacial score (nSPS) is 11.4. The van der Waals surface area contributed by atoms with Gasteiger partial charge in [0.25, 0.3) is 0 Å². The summed E-state index contributed by atoms with van der Waals surface area (Å²) in [5.74, 6) is -0.150. The topological polar surface area (TPSA) is 84.3 Å². The van der Waals surface area contributed by atoms with E-state index in [2.05, 4.69) is 16.9 Å². The molecule has 3 rings (SSSR count). The van der Waals surface area contributed by atoms with Crippen LogP contribution in [0.4, 0.5) is 10.5 Å². The number of benzene rings is 2. The average Bonchev–Trinajstić information content (AvgIpc) is 3.17. The van der Waals surface area contributed by atoms with Crippen molar-refractivity contribution in [3.05, 3.63) is 90.3 Å². The SMILES string of the molecule is C=CCn1c(CN(C(=O)Nc2ccc(C)cc2)C(C)C)cnc1S(=O)(=O)Cc1ccccc1. The van der Waals surface area contributed by atoms with Gasteiger partial charge < -0.3 is 14.8 Å². The lowest BCUT2D eigenvalue weighted by Gasteiger charge is -2.27. The van der Waals surface area contributed by atoms with Crippen LogP contribution in [0.2, 0.25) is 0 Å². The molecular formula is C25H30N4O3S. The van der Waals surface area contributed by atoms with Crippen molar-refractivity contribution in [2.75, 3.05) is 5.32 Å². The summed E-state index contributed by atoms with van der Waals surface area (Å²) in [5.41, 5.74) is 3.11. The number of allylic oxidation sites excluding steroid dienone is 1. The number of amides is 2. The van der Waals surface area contributed by atoms with Gasteiger partial charge in [0.15, 0.2) is 0 Å². The number of hydrogen-bond acceptors (Lipinski definition) is 4. The van der Waals surface area contributed by atoms with Crippen LogP contribution < -0.4 is 5.32 Å². The lowest BCUT2D eigenvalue weighted by molar-refractivity contribution is 0.192. The number of urea groups is 1. The van der Waals surface area contributed by atoms with E-state index < -0.39 is 9.84 Å². The van der Waals surface area contributed by atoms with E-state index in [4.69, 9.17) is 0 Å². The molecule has 0 aliphatic rings. The van der Waals surface area contributed by atoms with Gasteiger partial charge in [-0.1, -0.05) is 54.1 Å². The van der Waals surface area contributed by atoms with Gasteiger partial charge in [-0.15, -0.1) is 6.58 Å². The lowest BCUT2D eigenvalue weighted by atomic mass is 10.2. The number of carbonyl (C=O) groups excluding carboxylic acids is 1. The summed E-state index contributed by atoms with van der Waals surface area (Å²) in [6.07, 6.45) is 3.15. The fourth-order valence-electron chi connectivity index (χ4n) is 3.44. The highest BCUT2D eigenvalue weighted by atomic mass is 32.2. The second kappa shape index (κ2) is 10.5. The van der Waals surface area contributed by atoms with E-state index in [-0.39, 0.29) is 36.1 Å². The molecular weight excluding hydrogens is 436 g/mol. The fraction of sp³-hybridized carbons (Fsp3) is 0.280. The van der Waals surface area contributed by atoms with Crippen LogP contribution in [0.5, 0.6) is 0 Å². The van der Waals surface area contributed by atoms with Crippen LogP contribution in [0.15, 0.2) is 78.6 Å². The summed E-state index contributed by atoms with van der Waals surface area (Å²) in [6.45, 7) is 10.0. The first-order valence-electron chi connectivity index (χ1n) is 10.8. The smallest absolute Gasteiger partial charge is 0.316 e. The summed E-state index contributed by atoms with van der Waals surface area (Å²) in [4.78, 5) is 18.9. The maximum atomic E-state index is 13.1. The van der Waals surface area contributed by atoms with Crippen LogP contribution in [-0.4, -0.2) is 34.9 Å². The molecule has 1 aromatic heterocycles. The van der Waals surface area contributed by atoms with E-state index in [0.717, 1.165) is 5.56 Å². The number of sulfone groups is 1. The molecule has 174 valence electrons. The molecule has 0 fully saturated rings. The van der Waals surface area contributed by atoms with Crippen molar-refractivity contribution in [1.82, 2.24) is 14.5 Å². The standard InChI is InChI=1S/C25H30N4O3S/c1-5-15-28-23(16-26-25(28)33(31,32)18-21-9-7-6-8-10-21)17-29(19(2)3)24(30)27-22-13-11-20(4)12-14-22/h5-14,16,19H,1,15,17-18H2,2-4H3,(H,27,30). The van der Waals surface area contributed by atoms with Gasteiger partial charge in [0.05, 0.1) is 24.2 Å². The van der Waals surface area contributed by atoms with Crippen molar-refractivity contribution in [3.8, 4) is 0 Å². The Balaban J connectivity index is 1.86. The summed E-state index contributed by atoms with van der Waals surface area (Å²) < 4.78 is 27.9. The molecule has 2 aromatic carbocycles. The number of aromatic nitrogens is 2. The minimum absolute atomic E-state index is 0.0242. The highest BCUT2D eigenvalue weighted by molar-refractivity contribution is 7.90. The molecule has 0 spiro atoms. The zero-order valence-electron chi connectivity index (χ0n) is 19.2. The van der Waals surface area contributed by atoms with E-state index in [1.54, 1.807) is 39.8 Å². The summed E-state index contributed by atoms with van der Waals surface area (Å²) in [7, 11) is -3.69. The average molecular weight is 467 g/mol. The van der Waals surface area contributed by atoms with Crippen molar-refractivity contribution in [1.29, 1.82) is 0 Å². The third-order valence-electron chi connectivity index (χ3n) is 5.21. The Morgan fingerprint density at radius 3 is 2.42 bits per heavy atom. The number of rotatable bonds is 9. The van der Waals surface area contributed by atoms with E-state index in [1.165, 1.54) is 6.20 Å². The minimum Gasteiger partial charge on any atom is -0.316 e. The molecule has 0 bridgehead atoms. The quantitative estimate of drug-likeness (QED) is 0.460. The molecule has 3 aromatic rings. The maximum Gasteiger partial charge on any atom is 0.322 e. The van der Waals surface area contributed by atoms with Gasteiger partial charge in [0.2, 0.25) is 15.0 Å². The van der Waals surface area contributed by atoms with Crippen LogP contribution in [-0.2, 0) is 28.7 Å². The van der Waals surface area contributed by atoms with Crippen molar-refractivity contribution in [2.45, 2.75) is 50.8 Å². The van der Waals surface area contributed by atoms with Crippen LogP contribution in [0, 0.1) is 6.92 Å². The first-order chi connectivity index (χ1) is 15.7. The van der Waals surface area contributed by atoms with E-state index in [1.807, 2.05) is 51.1 Å². The van der Waals surface area contributed by atoms with Gasteiger partial charge in [0, 0.05) is 18.3 Å². The number of nitrogens with one attached hydrogen (secondary N) is 1. The van der Waals surface area contributed by atoms with Gasteiger partial charge in [-0.2, -0.15) is 0 Å². The molecule has 7 nitrogen and oxygen atoms in total. The van der Waals surface area contributed by atoms with Crippen LogP contribution >= 0.6 is 0 Å². The number of imidazole rings is 1. The third-order valence-corrected chi connectivity index (χ3v) is 6.81. The van der Waals surface area contributed by atoms with E-state index >= 15 is 0 Å². The lowest BCUT2D eigenvalue weighted by Crippen LogP contribution is -2.40. The van der Waals surface area contributed by atoms with Gasteiger partial charge >= 0.3 is 6.03 Å². The van der Waals surface area contributed by atoms with Gasteiger partial charge in [-0.05, 0) is 38.5 Å². The molecule has 0 radical (unpaired) electrons. The second-order valence-electron chi connectivity index (χ2n) is 8.19. The molecule has 8 heteroatoms. The summed E-state index contributed by atoms with van der Waals surface area (Å²) >= 11 is 0.